The zero-order valence-corrected chi connectivity index (χ0v) is 18.1. The average Bonchev–Trinajstić information content (AvgIpc) is 2.50. The molecule has 0 spiro atoms. The second kappa shape index (κ2) is 7.25. The second-order valence-electron chi connectivity index (χ2n) is 7.81. The summed E-state index contributed by atoms with van der Waals surface area (Å²) >= 11 is 3.43. The summed E-state index contributed by atoms with van der Waals surface area (Å²) < 4.78 is 11.4. The first kappa shape index (κ1) is 22.0. The number of nitrogens with two attached hydrogens (primary N) is 2. The van der Waals surface area contributed by atoms with Crippen molar-refractivity contribution in [1.82, 2.24) is 9.80 Å². The molecule has 1 aromatic carbocycles. The van der Waals surface area contributed by atoms with Crippen LogP contribution in [0.2, 0.25) is 0 Å². The first-order chi connectivity index (χ1) is 12.7. The number of carbonyl (C=O) groups excluding carboxylic acids is 3. The molecule has 154 valence electrons. The number of amides is 3. The fourth-order valence-corrected chi connectivity index (χ4v) is 4.24. The monoisotopic (exact) mass is 456 g/mol. The van der Waals surface area contributed by atoms with Gasteiger partial charge in [0.2, 0.25) is 5.91 Å². The molecule has 9 nitrogen and oxygen atoms in total. The lowest BCUT2D eigenvalue weighted by molar-refractivity contribution is -0.375. The van der Waals surface area contributed by atoms with Crippen LogP contribution in [0.15, 0.2) is 28.7 Å². The van der Waals surface area contributed by atoms with E-state index in [4.69, 9.17) is 20.9 Å². The maximum absolute atomic E-state index is 12.9. The van der Waals surface area contributed by atoms with E-state index in [1.807, 2.05) is 45.0 Å². The Labute approximate surface area is 172 Å². The maximum atomic E-state index is 12.9. The van der Waals surface area contributed by atoms with Crippen molar-refractivity contribution >= 4 is 34.0 Å². The normalized spacial score (nSPS) is 22.6. The largest absolute Gasteiger partial charge is 0.420 e. The maximum Gasteiger partial charge on any atom is 0.420 e. The molecule has 0 saturated carbocycles. The van der Waals surface area contributed by atoms with Gasteiger partial charge in [-0.1, -0.05) is 28.1 Å². The summed E-state index contributed by atoms with van der Waals surface area (Å²) in [6, 6.07) is 5.08. The molecule has 0 aliphatic carbocycles. The Balaban J connectivity index is 2.85. The summed E-state index contributed by atoms with van der Waals surface area (Å²) in [5.41, 5.74) is 9.51. The van der Waals surface area contributed by atoms with Gasteiger partial charge in [-0.3, -0.25) is 9.69 Å². The van der Waals surface area contributed by atoms with Crippen LogP contribution in [0.25, 0.3) is 0 Å². The molecule has 0 aromatic heterocycles. The highest BCUT2D eigenvalue weighted by Crippen LogP contribution is 2.48. The van der Waals surface area contributed by atoms with Crippen LogP contribution in [0, 0.1) is 0 Å². The minimum absolute atomic E-state index is 0.0310. The molecule has 1 aliphatic heterocycles. The van der Waals surface area contributed by atoms with Crippen molar-refractivity contribution in [3.8, 4) is 0 Å². The van der Waals surface area contributed by atoms with Crippen LogP contribution in [0.1, 0.15) is 39.7 Å². The van der Waals surface area contributed by atoms with E-state index in [2.05, 4.69) is 15.9 Å². The molecule has 0 radical (unpaired) electrons. The van der Waals surface area contributed by atoms with Gasteiger partial charge in [-0.15, -0.1) is 0 Å². The van der Waals surface area contributed by atoms with E-state index in [-0.39, 0.29) is 6.42 Å². The Morgan fingerprint density at radius 2 is 1.71 bits per heavy atom. The lowest BCUT2D eigenvalue weighted by atomic mass is 9.80. The van der Waals surface area contributed by atoms with Gasteiger partial charge in [-0.25, -0.2) is 9.59 Å². The summed E-state index contributed by atoms with van der Waals surface area (Å²) in [6.45, 7) is 7.29. The van der Waals surface area contributed by atoms with Crippen molar-refractivity contribution in [1.29, 1.82) is 0 Å². The molecule has 3 amide bonds. The fraction of sp³-hybridized carbons (Fsp3) is 0.500. The van der Waals surface area contributed by atoms with E-state index < -0.39 is 35.2 Å². The highest BCUT2D eigenvalue weighted by atomic mass is 79.9. The van der Waals surface area contributed by atoms with Gasteiger partial charge in [0.05, 0.1) is 5.54 Å². The zero-order chi connectivity index (χ0) is 21.5. The predicted octanol–water partition coefficient (Wildman–Crippen LogP) is 2.43. The Bertz CT molecular complexity index is 793. The van der Waals surface area contributed by atoms with E-state index in [0.717, 1.165) is 14.9 Å². The van der Waals surface area contributed by atoms with Crippen molar-refractivity contribution in [3.63, 3.8) is 0 Å². The molecule has 1 aliphatic rings. The number of hydrogen-bond donors (Lipinski definition) is 2. The third-order valence-corrected chi connectivity index (χ3v) is 5.15. The molecule has 4 N–H and O–H groups in total. The van der Waals surface area contributed by atoms with Crippen LogP contribution in [0.5, 0.6) is 0 Å². The standard InChI is InChI=1S/C18H25BrN4O5/c1-16(2,3)23-17(4,11-7-6-8-12(19)9-11)10-13(24)22(5)18(23,27-14(20)25)28-15(21)26/h6-9H,10H2,1-5H3,(H2,20,25)(H2,21,26)/t17-/m0/s1. The van der Waals surface area contributed by atoms with Gasteiger partial charge >= 0.3 is 18.2 Å². The molecule has 10 heteroatoms. The number of nitrogens with zero attached hydrogens (tertiary/aromatic N) is 2. The molecular weight excluding hydrogens is 432 g/mol. The smallest absolute Gasteiger partial charge is 0.373 e. The molecule has 2 rings (SSSR count). The Hall–Kier alpha value is -2.33. The topological polar surface area (TPSA) is 128 Å². The number of ether oxygens (including phenoxy) is 2. The number of rotatable bonds is 3. The summed E-state index contributed by atoms with van der Waals surface area (Å²) in [5.74, 6) is -0.425. The third-order valence-electron chi connectivity index (χ3n) is 4.65. The highest BCUT2D eigenvalue weighted by Gasteiger charge is 2.65. The number of carbonyl (C=O) groups is 3. The van der Waals surface area contributed by atoms with Crippen LogP contribution in [-0.4, -0.2) is 46.5 Å². The third kappa shape index (κ3) is 3.79. The lowest BCUT2D eigenvalue weighted by Gasteiger charge is -2.60. The Kier molecular flexibility index (Phi) is 5.69. The van der Waals surface area contributed by atoms with Crippen LogP contribution in [0.3, 0.4) is 0 Å². The van der Waals surface area contributed by atoms with Crippen molar-refractivity contribution < 1.29 is 23.9 Å². The first-order valence-corrected chi connectivity index (χ1v) is 9.33. The first-order valence-electron chi connectivity index (χ1n) is 8.54. The summed E-state index contributed by atoms with van der Waals surface area (Å²) in [6.07, 6.45) is -2.43. The van der Waals surface area contributed by atoms with Gasteiger partial charge in [0.1, 0.15) is 0 Å². The van der Waals surface area contributed by atoms with Gasteiger partial charge in [-0.2, -0.15) is 4.90 Å². The van der Waals surface area contributed by atoms with E-state index in [1.54, 1.807) is 11.8 Å². The van der Waals surface area contributed by atoms with Crippen molar-refractivity contribution in [2.75, 3.05) is 7.05 Å². The molecule has 0 bridgehead atoms. The number of benzene rings is 1. The van der Waals surface area contributed by atoms with Crippen LogP contribution >= 0.6 is 15.9 Å². The van der Waals surface area contributed by atoms with Gasteiger partial charge in [0, 0.05) is 23.5 Å². The number of hydrogen-bond acceptors (Lipinski definition) is 6. The fourth-order valence-electron chi connectivity index (χ4n) is 3.84. The Morgan fingerprint density at radius 3 is 2.14 bits per heavy atom. The molecule has 1 heterocycles. The SMILES string of the molecule is CN1C(=O)C[C@@](C)(c2cccc(Br)c2)N(C(C)(C)C)C1(OC(N)=O)OC(N)=O. The second-order valence-corrected chi connectivity index (χ2v) is 8.73. The zero-order valence-electron chi connectivity index (χ0n) is 16.5. The predicted molar refractivity (Wildman–Crippen MR) is 105 cm³/mol. The summed E-state index contributed by atoms with van der Waals surface area (Å²) in [7, 11) is 1.35. The molecule has 0 unspecified atom stereocenters. The van der Waals surface area contributed by atoms with E-state index >= 15 is 0 Å². The summed E-state index contributed by atoms with van der Waals surface area (Å²) in [4.78, 5) is 39.1. The van der Waals surface area contributed by atoms with Crippen LogP contribution < -0.4 is 11.5 Å². The lowest BCUT2D eigenvalue weighted by Crippen LogP contribution is -2.78. The van der Waals surface area contributed by atoms with Crippen molar-refractivity contribution in [2.24, 2.45) is 11.5 Å². The Morgan fingerprint density at radius 1 is 1.18 bits per heavy atom. The number of primary amides is 2. The van der Waals surface area contributed by atoms with E-state index in [0.29, 0.717) is 0 Å². The van der Waals surface area contributed by atoms with Gasteiger partial charge in [0.15, 0.2) is 0 Å². The average molecular weight is 457 g/mol. The molecule has 1 aromatic rings. The molecule has 28 heavy (non-hydrogen) atoms. The van der Waals surface area contributed by atoms with Crippen LogP contribution in [0.4, 0.5) is 9.59 Å². The van der Waals surface area contributed by atoms with Gasteiger partial charge in [0.25, 0.3) is 0 Å². The molecule has 1 atom stereocenters. The molecule has 1 fully saturated rings. The quantitative estimate of drug-likeness (QED) is 0.671. The minimum atomic E-state index is -2.26. The van der Waals surface area contributed by atoms with Gasteiger partial charge in [-0.05, 0) is 45.4 Å². The minimum Gasteiger partial charge on any atom is -0.373 e. The summed E-state index contributed by atoms with van der Waals surface area (Å²) in [5, 5.41) is 0. The van der Waals surface area contributed by atoms with Gasteiger partial charge < -0.3 is 20.9 Å². The van der Waals surface area contributed by atoms with Crippen molar-refractivity contribution in [2.45, 2.75) is 51.2 Å². The highest BCUT2D eigenvalue weighted by molar-refractivity contribution is 9.10. The van der Waals surface area contributed by atoms with Crippen molar-refractivity contribution in [3.05, 3.63) is 34.3 Å². The molecule has 1 saturated heterocycles. The van der Waals surface area contributed by atoms with Crippen LogP contribution in [-0.2, 0) is 19.8 Å². The van der Waals surface area contributed by atoms with E-state index in [1.165, 1.54) is 7.05 Å². The number of halogens is 1. The molecular formula is C18H25BrN4O5. The van der Waals surface area contributed by atoms with E-state index in [9.17, 15) is 14.4 Å².